The molecule has 1 saturated heterocycles. The van der Waals surface area contributed by atoms with Crippen LogP contribution in [0.5, 0.6) is 0 Å². The van der Waals surface area contributed by atoms with Gasteiger partial charge in [-0.2, -0.15) is 13.2 Å². The van der Waals surface area contributed by atoms with E-state index in [1.54, 1.807) is 0 Å². The molecule has 0 radical (unpaired) electrons. The first-order chi connectivity index (χ1) is 11.1. The van der Waals surface area contributed by atoms with Gasteiger partial charge in [-0.15, -0.1) is 0 Å². The van der Waals surface area contributed by atoms with Crippen molar-refractivity contribution >= 4 is 5.91 Å². The van der Waals surface area contributed by atoms with Crippen LogP contribution in [0.15, 0.2) is 24.3 Å². The van der Waals surface area contributed by atoms with Gasteiger partial charge in [0.25, 0.3) is 0 Å². The Balaban J connectivity index is 1.82. The highest BCUT2D eigenvalue weighted by Crippen LogP contribution is 2.29. The van der Waals surface area contributed by atoms with Crippen LogP contribution < -0.4 is 5.32 Å². The Morgan fingerprint density at radius 1 is 1.12 bits per heavy atom. The van der Waals surface area contributed by atoms with Crippen LogP contribution in [0.1, 0.15) is 44.7 Å². The van der Waals surface area contributed by atoms with Gasteiger partial charge in [-0.3, -0.25) is 9.69 Å². The molecule has 0 bridgehead atoms. The molecular weight excluding hydrogens is 317 g/mol. The van der Waals surface area contributed by atoms with Crippen LogP contribution in [-0.2, 0) is 17.5 Å². The van der Waals surface area contributed by atoms with E-state index in [0.717, 1.165) is 43.6 Å². The summed E-state index contributed by atoms with van der Waals surface area (Å²) in [5.74, 6) is 0.0590. The number of nitrogens with zero attached hydrogens (tertiary/aromatic N) is 1. The lowest BCUT2D eigenvalue weighted by atomic mass is 9.94. The van der Waals surface area contributed by atoms with Gasteiger partial charge in [-0.05, 0) is 30.5 Å². The summed E-state index contributed by atoms with van der Waals surface area (Å²) in [5, 5.41) is 3.08. The maximum atomic E-state index is 12.6. The van der Waals surface area contributed by atoms with Crippen molar-refractivity contribution < 1.29 is 18.0 Å². The summed E-state index contributed by atoms with van der Waals surface area (Å²) >= 11 is 0. The first-order valence-electron chi connectivity index (χ1n) is 8.25. The van der Waals surface area contributed by atoms with E-state index in [4.69, 9.17) is 0 Å². The lowest BCUT2D eigenvalue weighted by molar-refractivity contribution is -0.137. The number of carbonyl (C=O) groups excluding carboxylic acids is 1. The van der Waals surface area contributed by atoms with Crippen molar-refractivity contribution in [3.05, 3.63) is 35.4 Å². The Bertz CT molecular complexity index is 553. The van der Waals surface area contributed by atoms with Crippen molar-refractivity contribution in [1.82, 2.24) is 10.2 Å². The van der Waals surface area contributed by atoms with Crippen LogP contribution >= 0.6 is 0 Å². The number of piperidine rings is 1. The summed E-state index contributed by atoms with van der Waals surface area (Å²) in [6, 6.07) is 5.52. The highest BCUT2D eigenvalue weighted by molar-refractivity contribution is 5.81. The first-order valence-corrected chi connectivity index (χ1v) is 8.25. The van der Waals surface area contributed by atoms with E-state index in [9.17, 15) is 18.0 Å². The fourth-order valence-corrected chi connectivity index (χ4v) is 2.69. The lowest BCUT2D eigenvalue weighted by Crippen LogP contribution is -2.47. The molecule has 1 N–H and O–H groups in total. The fraction of sp³-hybridized carbons (Fsp3) is 0.611. The zero-order valence-corrected chi connectivity index (χ0v) is 14.4. The Morgan fingerprint density at radius 3 is 2.12 bits per heavy atom. The Morgan fingerprint density at radius 2 is 1.67 bits per heavy atom. The average Bonchev–Trinajstić information content (AvgIpc) is 2.48. The van der Waals surface area contributed by atoms with Crippen LogP contribution in [0.4, 0.5) is 13.2 Å². The Labute approximate surface area is 141 Å². The maximum absolute atomic E-state index is 12.6. The smallest absolute Gasteiger partial charge is 0.353 e. The van der Waals surface area contributed by atoms with E-state index in [2.05, 4.69) is 10.2 Å². The molecule has 0 unspecified atom stereocenters. The first kappa shape index (κ1) is 18.8. The molecule has 1 aromatic carbocycles. The molecule has 1 aliphatic heterocycles. The van der Waals surface area contributed by atoms with Gasteiger partial charge in [0.05, 0.1) is 5.56 Å². The third-order valence-electron chi connectivity index (χ3n) is 4.29. The Kier molecular flexibility index (Phi) is 5.58. The van der Waals surface area contributed by atoms with Crippen LogP contribution in [0.25, 0.3) is 0 Å². The summed E-state index contributed by atoms with van der Waals surface area (Å²) in [5.41, 5.74) is -0.132. The average molecular weight is 342 g/mol. The van der Waals surface area contributed by atoms with Crippen molar-refractivity contribution in [1.29, 1.82) is 0 Å². The molecule has 0 atom stereocenters. The number of carbonyl (C=O) groups is 1. The standard InChI is InChI=1S/C18H25F3N2O/c1-17(2,3)16(24)22-15-8-10-23(11-9-15)12-13-4-6-14(7-5-13)18(19,20)21/h4-7,15H,8-12H2,1-3H3,(H,22,24). The zero-order chi connectivity index (χ0) is 18.0. The predicted octanol–water partition coefficient (Wildman–Crippen LogP) is 3.83. The quantitative estimate of drug-likeness (QED) is 0.905. The number of halogens is 3. The molecule has 1 aliphatic rings. The molecule has 3 nitrogen and oxygen atoms in total. The monoisotopic (exact) mass is 342 g/mol. The number of hydrogen-bond donors (Lipinski definition) is 1. The van der Waals surface area contributed by atoms with Crippen LogP contribution in [0.2, 0.25) is 0 Å². The molecule has 0 aliphatic carbocycles. The second-order valence-corrected chi connectivity index (χ2v) is 7.47. The molecule has 1 amide bonds. The molecule has 24 heavy (non-hydrogen) atoms. The molecule has 0 saturated carbocycles. The Hall–Kier alpha value is -1.56. The van der Waals surface area contributed by atoms with Gasteiger partial charge in [0.1, 0.15) is 0 Å². The number of rotatable bonds is 3. The zero-order valence-electron chi connectivity index (χ0n) is 14.4. The second-order valence-electron chi connectivity index (χ2n) is 7.47. The van der Waals surface area contributed by atoms with Gasteiger partial charge >= 0.3 is 6.18 Å². The fourth-order valence-electron chi connectivity index (χ4n) is 2.69. The van der Waals surface area contributed by atoms with E-state index in [-0.39, 0.29) is 11.9 Å². The number of nitrogens with one attached hydrogen (secondary N) is 1. The summed E-state index contributed by atoms with van der Waals surface area (Å²) in [6.45, 7) is 7.97. The van der Waals surface area contributed by atoms with E-state index in [0.29, 0.717) is 6.54 Å². The van der Waals surface area contributed by atoms with Gasteiger partial charge in [-0.25, -0.2) is 0 Å². The molecular formula is C18H25F3N2O. The van der Waals surface area contributed by atoms with Crippen molar-refractivity contribution in [2.45, 2.75) is 52.4 Å². The summed E-state index contributed by atoms with van der Waals surface area (Å²) < 4.78 is 37.7. The van der Waals surface area contributed by atoms with Gasteiger partial charge < -0.3 is 5.32 Å². The molecule has 1 aromatic rings. The van der Waals surface area contributed by atoms with Gasteiger partial charge in [0.15, 0.2) is 0 Å². The summed E-state index contributed by atoms with van der Waals surface area (Å²) in [6.07, 6.45) is -2.56. The normalized spacial score (nSPS) is 17.8. The largest absolute Gasteiger partial charge is 0.416 e. The lowest BCUT2D eigenvalue weighted by Gasteiger charge is -2.33. The van der Waals surface area contributed by atoms with Gasteiger partial charge in [-0.1, -0.05) is 32.9 Å². The highest BCUT2D eigenvalue weighted by atomic mass is 19.4. The van der Waals surface area contributed by atoms with E-state index in [1.165, 1.54) is 12.1 Å². The van der Waals surface area contributed by atoms with Crippen molar-refractivity contribution in [2.24, 2.45) is 5.41 Å². The number of hydrogen-bond acceptors (Lipinski definition) is 2. The van der Waals surface area contributed by atoms with E-state index >= 15 is 0 Å². The van der Waals surface area contributed by atoms with Crippen molar-refractivity contribution in [3.8, 4) is 0 Å². The third-order valence-corrected chi connectivity index (χ3v) is 4.29. The maximum Gasteiger partial charge on any atom is 0.416 e. The summed E-state index contributed by atoms with van der Waals surface area (Å²) in [7, 11) is 0. The van der Waals surface area contributed by atoms with Crippen molar-refractivity contribution in [3.63, 3.8) is 0 Å². The molecule has 6 heteroatoms. The van der Waals surface area contributed by atoms with E-state index < -0.39 is 17.2 Å². The number of benzene rings is 1. The summed E-state index contributed by atoms with van der Waals surface area (Å²) in [4.78, 5) is 14.2. The molecule has 134 valence electrons. The topological polar surface area (TPSA) is 32.3 Å². The number of amides is 1. The van der Waals surface area contributed by atoms with Crippen LogP contribution in [0.3, 0.4) is 0 Å². The molecule has 1 fully saturated rings. The molecule has 1 heterocycles. The number of likely N-dealkylation sites (tertiary alicyclic amines) is 1. The van der Waals surface area contributed by atoms with Crippen LogP contribution in [-0.4, -0.2) is 29.9 Å². The second kappa shape index (κ2) is 7.13. The predicted molar refractivity (Wildman–Crippen MR) is 87.3 cm³/mol. The highest BCUT2D eigenvalue weighted by Gasteiger charge is 2.30. The minimum atomic E-state index is -4.29. The molecule has 0 spiro atoms. The van der Waals surface area contributed by atoms with Gasteiger partial charge in [0, 0.05) is 31.1 Å². The van der Waals surface area contributed by atoms with E-state index in [1.807, 2.05) is 20.8 Å². The van der Waals surface area contributed by atoms with Crippen LogP contribution in [0, 0.1) is 5.41 Å². The SMILES string of the molecule is CC(C)(C)C(=O)NC1CCN(Cc2ccc(C(F)(F)F)cc2)CC1. The minimum Gasteiger partial charge on any atom is -0.353 e. The number of alkyl halides is 3. The van der Waals surface area contributed by atoms with Crippen molar-refractivity contribution in [2.75, 3.05) is 13.1 Å². The minimum absolute atomic E-state index is 0.0590. The third kappa shape index (κ3) is 5.23. The molecule has 2 rings (SSSR count). The molecule has 0 aromatic heterocycles. The van der Waals surface area contributed by atoms with Gasteiger partial charge in [0.2, 0.25) is 5.91 Å².